The zero-order valence-electron chi connectivity index (χ0n) is 20.2. The van der Waals surface area contributed by atoms with Gasteiger partial charge in [0.1, 0.15) is 0 Å². The molecule has 2 heterocycles. The normalized spacial score (nSPS) is 18.8. The van der Waals surface area contributed by atoms with Gasteiger partial charge in [-0.15, -0.1) is 0 Å². The molecule has 0 saturated carbocycles. The molecule has 2 aromatic carbocycles. The Kier molecular flexibility index (Phi) is 6.77. The van der Waals surface area contributed by atoms with E-state index >= 15 is 0 Å². The molecule has 2 aliphatic heterocycles. The molecule has 0 spiro atoms. The minimum absolute atomic E-state index is 0.117. The SMILES string of the molecule is CNC(=O)N1N=C(c2ccc(N3CCC(C)CC3)cc2)c2cc(OC)c(OC)cc2C[C@@H]1C. The molecule has 0 radical (unpaired) electrons. The Bertz CT molecular complexity index is 1030. The van der Waals surface area contributed by atoms with Crippen molar-refractivity contribution in [1.82, 2.24) is 10.3 Å². The molecule has 2 aromatic rings. The third-order valence-electron chi connectivity index (χ3n) is 6.72. The minimum Gasteiger partial charge on any atom is -0.493 e. The van der Waals surface area contributed by atoms with Crippen LogP contribution in [-0.4, -0.2) is 57.2 Å². The van der Waals surface area contributed by atoms with Crippen LogP contribution in [0.2, 0.25) is 0 Å². The summed E-state index contributed by atoms with van der Waals surface area (Å²) in [7, 11) is 4.89. The van der Waals surface area contributed by atoms with Crippen LogP contribution < -0.4 is 19.7 Å². The monoisotopic (exact) mass is 450 g/mol. The van der Waals surface area contributed by atoms with Gasteiger partial charge in [-0.2, -0.15) is 5.10 Å². The Labute approximate surface area is 196 Å². The molecule has 0 unspecified atom stereocenters. The van der Waals surface area contributed by atoms with Crippen LogP contribution in [0.1, 0.15) is 43.4 Å². The molecule has 1 atom stereocenters. The fourth-order valence-electron chi connectivity index (χ4n) is 4.65. The smallest absolute Gasteiger partial charge is 0.337 e. The number of anilines is 1. The Morgan fingerprint density at radius 2 is 1.67 bits per heavy atom. The van der Waals surface area contributed by atoms with E-state index in [4.69, 9.17) is 14.6 Å². The second kappa shape index (κ2) is 9.73. The van der Waals surface area contributed by atoms with Gasteiger partial charge in [-0.25, -0.2) is 9.80 Å². The summed E-state index contributed by atoms with van der Waals surface area (Å²) in [6.45, 7) is 6.50. The topological polar surface area (TPSA) is 66.4 Å². The van der Waals surface area contributed by atoms with Crippen molar-refractivity contribution in [3.8, 4) is 11.5 Å². The van der Waals surface area contributed by atoms with Gasteiger partial charge >= 0.3 is 6.03 Å². The third kappa shape index (κ3) is 4.63. The molecule has 0 bridgehead atoms. The number of piperidine rings is 1. The molecule has 2 aliphatic rings. The molecular weight excluding hydrogens is 416 g/mol. The van der Waals surface area contributed by atoms with Crippen LogP contribution in [0.4, 0.5) is 10.5 Å². The van der Waals surface area contributed by atoms with Gasteiger partial charge in [0.25, 0.3) is 0 Å². The second-order valence-corrected chi connectivity index (χ2v) is 8.98. The maximum Gasteiger partial charge on any atom is 0.337 e. The summed E-state index contributed by atoms with van der Waals surface area (Å²) in [6.07, 6.45) is 3.10. The van der Waals surface area contributed by atoms with Crippen LogP contribution in [0, 0.1) is 5.92 Å². The van der Waals surface area contributed by atoms with Gasteiger partial charge in [-0.1, -0.05) is 19.1 Å². The first-order valence-corrected chi connectivity index (χ1v) is 11.6. The average molecular weight is 451 g/mol. The minimum atomic E-state index is -0.231. The van der Waals surface area contributed by atoms with Gasteiger partial charge in [0.2, 0.25) is 0 Å². The molecule has 33 heavy (non-hydrogen) atoms. The van der Waals surface area contributed by atoms with E-state index in [1.165, 1.54) is 23.5 Å². The molecule has 0 aromatic heterocycles. The van der Waals surface area contributed by atoms with Crippen molar-refractivity contribution >= 4 is 17.4 Å². The van der Waals surface area contributed by atoms with Gasteiger partial charge in [-0.3, -0.25) is 0 Å². The van der Waals surface area contributed by atoms with E-state index in [1.54, 1.807) is 21.3 Å². The molecule has 2 amide bonds. The number of amides is 2. The number of hydrogen-bond acceptors (Lipinski definition) is 5. The van der Waals surface area contributed by atoms with E-state index < -0.39 is 0 Å². The molecule has 176 valence electrons. The van der Waals surface area contributed by atoms with Crippen molar-refractivity contribution in [3.63, 3.8) is 0 Å². The summed E-state index contributed by atoms with van der Waals surface area (Å²) in [5.41, 5.74) is 4.95. The molecule has 1 saturated heterocycles. The first-order chi connectivity index (χ1) is 15.9. The Balaban J connectivity index is 1.77. The highest BCUT2D eigenvalue weighted by Crippen LogP contribution is 2.35. The third-order valence-corrected chi connectivity index (χ3v) is 6.72. The maximum atomic E-state index is 12.6. The zero-order chi connectivity index (χ0) is 23.5. The van der Waals surface area contributed by atoms with Crippen LogP contribution in [-0.2, 0) is 6.42 Å². The number of nitrogens with zero attached hydrogens (tertiary/aromatic N) is 3. The number of hydrazone groups is 1. The van der Waals surface area contributed by atoms with E-state index in [9.17, 15) is 4.79 Å². The lowest BCUT2D eigenvalue weighted by atomic mass is 9.93. The van der Waals surface area contributed by atoms with Gasteiger partial charge in [0.05, 0.1) is 26.0 Å². The maximum absolute atomic E-state index is 12.6. The molecule has 7 heteroatoms. The number of carbonyl (C=O) groups is 1. The average Bonchev–Trinajstić information content (AvgIpc) is 2.98. The van der Waals surface area contributed by atoms with Crippen LogP contribution in [0.3, 0.4) is 0 Å². The summed E-state index contributed by atoms with van der Waals surface area (Å²) in [5, 5.41) is 9.10. The second-order valence-electron chi connectivity index (χ2n) is 8.98. The first kappa shape index (κ1) is 23.0. The van der Waals surface area contributed by atoms with E-state index in [0.717, 1.165) is 41.4 Å². The van der Waals surface area contributed by atoms with Crippen molar-refractivity contribution in [1.29, 1.82) is 0 Å². The Hall–Kier alpha value is -3.22. The predicted molar refractivity (Wildman–Crippen MR) is 132 cm³/mol. The zero-order valence-corrected chi connectivity index (χ0v) is 20.2. The van der Waals surface area contributed by atoms with E-state index in [0.29, 0.717) is 17.9 Å². The van der Waals surface area contributed by atoms with Crippen molar-refractivity contribution in [3.05, 3.63) is 53.1 Å². The number of fused-ring (bicyclic) bond motifs is 1. The van der Waals surface area contributed by atoms with Crippen LogP contribution >= 0.6 is 0 Å². The number of carbonyl (C=O) groups excluding carboxylic acids is 1. The molecule has 7 nitrogen and oxygen atoms in total. The Morgan fingerprint density at radius 3 is 2.27 bits per heavy atom. The number of nitrogens with one attached hydrogen (secondary N) is 1. The number of hydrogen-bond donors (Lipinski definition) is 1. The number of urea groups is 1. The fourth-order valence-corrected chi connectivity index (χ4v) is 4.65. The summed E-state index contributed by atoms with van der Waals surface area (Å²) in [5.74, 6) is 2.11. The highest BCUT2D eigenvalue weighted by molar-refractivity contribution is 6.14. The first-order valence-electron chi connectivity index (χ1n) is 11.6. The van der Waals surface area contributed by atoms with E-state index in [2.05, 4.69) is 41.4 Å². The van der Waals surface area contributed by atoms with Crippen molar-refractivity contribution < 1.29 is 14.3 Å². The molecule has 1 fully saturated rings. The van der Waals surface area contributed by atoms with E-state index in [-0.39, 0.29) is 12.1 Å². The number of methoxy groups -OCH3 is 2. The molecular formula is C26H34N4O3. The van der Waals surface area contributed by atoms with Crippen molar-refractivity contribution in [2.24, 2.45) is 11.0 Å². The predicted octanol–water partition coefficient (Wildman–Crippen LogP) is 4.28. The van der Waals surface area contributed by atoms with Gasteiger partial charge in [0.15, 0.2) is 11.5 Å². The summed E-state index contributed by atoms with van der Waals surface area (Å²) < 4.78 is 11.1. The quantitative estimate of drug-likeness (QED) is 0.755. The lowest BCUT2D eigenvalue weighted by molar-refractivity contribution is 0.184. The summed E-state index contributed by atoms with van der Waals surface area (Å²) in [6, 6.07) is 12.1. The summed E-state index contributed by atoms with van der Waals surface area (Å²) >= 11 is 0. The highest BCUT2D eigenvalue weighted by Gasteiger charge is 2.28. The number of benzene rings is 2. The molecule has 4 rings (SSSR count). The lowest BCUT2D eigenvalue weighted by Crippen LogP contribution is -2.41. The standard InChI is InChI=1S/C26H34N4O3/c1-17-10-12-29(13-11-17)21-8-6-19(7-9-21)25-22-16-24(33-5)23(32-4)15-20(22)14-18(2)30(28-25)26(31)27-3/h6-9,15-18H,10-14H2,1-5H3,(H,27,31)/t18-/m0/s1. The largest absolute Gasteiger partial charge is 0.493 e. The van der Waals surface area contributed by atoms with Gasteiger partial charge < -0.3 is 19.7 Å². The van der Waals surface area contributed by atoms with Crippen LogP contribution in [0.5, 0.6) is 11.5 Å². The van der Waals surface area contributed by atoms with Crippen LogP contribution in [0.25, 0.3) is 0 Å². The lowest BCUT2D eigenvalue weighted by Gasteiger charge is -2.32. The van der Waals surface area contributed by atoms with Gasteiger partial charge in [-0.05, 0) is 61.9 Å². The van der Waals surface area contributed by atoms with E-state index in [1.807, 2.05) is 19.1 Å². The van der Waals surface area contributed by atoms with Gasteiger partial charge in [0, 0.05) is 37.0 Å². The highest BCUT2D eigenvalue weighted by atomic mass is 16.5. The Morgan fingerprint density at radius 1 is 1.03 bits per heavy atom. The summed E-state index contributed by atoms with van der Waals surface area (Å²) in [4.78, 5) is 15.1. The molecule has 1 N–H and O–H groups in total. The number of ether oxygens (including phenoxy) is 2. The van der Waals surface area contributed by atoms with Crippen molar-refractivity contribution in [2.45, 2.75) is 39.2 Å². The van der Waals surface area contributed by atoms with Crippen molar-refractivity contribution in [2.75, 3.05) is 39.3 Å². The van der Waals surface area contributed by atoms with Crippen LogP contribution in [0.15, 0.2) is 41.5 Å². The molecule has 0 aliphatic carbocycles. The number of rotatable bonds is 4. The fraction of sp³-hybridized carbons (Fsp3) is 0.462.